The smallest absolute Gasteiger partial charge is 0.139 e. The molecule has 4 aliphatic rings. The second kappa shape index (κ2) is 6.22. The van der Waals surface area contributed by atoms with Crippen molar-refractivity contribution < 1.29 is 9.63 Å². The van der Waals surface area contributed by atoms with Crippen LogP contribution in [0.1, 0.15) is 65.2 Å². The number of hydrogen-bond acceptors (Lipinski definition) is 4. The van der Waals surface area contributed by atoms with E-state index in [1.54, 1.807) is 5.57 Å². The van der Waals surface area contributed by atoms with Crippen molar-refractivity contribution in [2.75, 3.05) is 13.2 Å². The van der Waals surface area contributed by atoms with Crippen LogP contribution in [-0.2, 0) is 9.63 Å². The first-order chi connectivity index (χ1) is 12.0. The molecule has 4 rings (SSSR count). The van der Waals surface area contributed by atoms with Crippen molar-refractivity contribution in [2.24, 2.45) is 39.5 Å². The predicted octanol–water partition coefficient (Wildman–Crippen LogP) is 3.85. The molecule has 0 saturated heterocycles. The van der Waals surface area contributed by atoms with E-state index < -0.39 is 0 Å². The Balaban J connectivity index is 1.58. The Kier molecular flexibility index (Phi) is 4.30. The van der Waals surface area contributed by atoms with Crippen molar-refractivity contribution in [3.63, 3.8) is 0 Å². The average molecular weight is 344 g/mol. The molecule has 0 aromatic rings. The number of nitrogens with two attached hydrogens (primary N) is 1. The summed E-state index contributed by atoms with van der Waals surface area (Å²) in [6.07, 6.45) is 11.1. The zero-order chi connectivity index (χ0) is 17.7. The van der Waals surface area contributed by atoms with Crippen LogP contribution < -0.4 is 5.73 Å². The second-order valence-electron chi connectivity index (χ2n) is 9.13. The van der Waals surface area contributed by atoms with Crippen LogP contribution in [-0.4, -0.2) is 24.6 Å². The summed E-state index contributed by atoms with van der Waals surface area (Å²) in [5, 5.41) is 4.29. The number of allylic oxidation sites excluding steroid dienone is 2. The van der Waals surface area contributed by atoms with Gasteiger partial charge in [-0.3, -0.25) is 4.79 Å². The molecule has 4 aliphatic carbocycles. The normalized spacial score (nSPS) is 44.8. The fraction of sp³-hybridized carbons (Fsp3) is 0.810. The number of fused-ring (bicyclic) bond motifs is 5. The first kappa shape index (κ1) is 17.3. The molecular weight excluding hydrogens is 312 g/mol. The quantitative estimate of drug-likeness (QED) is 0.625. The van der Waals surface area contributed by atoms with Crippen LogP contribution in [0.4, 0.5) is 0 Å². The third-order valence-corrected chi connectivity index (χ3v) is 8.08. The van der Waals surface area contributed by atoms with Crippen LogP contribution in [0.5, 0.6) is 0 Å². The summed E-state index contributed by atoms with van der Waals surface area (Å²) in [7, 11) is 0. The molecule has 0 aromatic heterocycles. The third-order valence-electron chi connectivity index (χ3n) is 8.08. The highest BCUT2D eigenvalue weighted by molar-refractivity contribution is 5.96. The van der Waals surface area contributed by atoms with E-state index in [9.17, 15) is 4.79 Å². The van der Waals surface area contributed by atoms with E-state index >= 15 is 0 Å². The molecule has 4 heteroatoms. The number of rotatable bonds is 3. The van der Waals surface area contributed by atoms with Crippen molar-refractivity contribution in [3.8, 4) is 0 Å². The van der Waals surface area contributed by atoms with Crippen molar-refractivity contribution >= 4 is 11.5 Å². The molecule has 138 valence electrons. The molecule has 2 N–H and O–H groups in total. The highest BCUT2D eigenvalue weighted by atomic mass is 16.6. The maximum atomic E-state index is 12.5. The minimum atomic E-state index is -0.0178. The van der Waals surface area contributed by atoms with Gasteiger partial charge in [0.2, 0.25) is 0 Å². The summed E-state index contributed by atoms with van der Waals surface area (Å²) in [6, 6.07) is 0. The van der Waals surface area contributed by atoms with Crippen LogP contribution in [0.25, 0.3) is 0 Å². The molecule has 0 bridgehead atoms. The maximum absolute atomic E-state index is 12.5. The first-order valence-corrected chi connectivity index (χ1v) is 10.1. The zero-order valence-corrected chi connectivity index (χ0v) is 15.7. The number of ketones is 1. The maximum Gasteiger partial charge on any atom is 0.139 e. The van der Waals surface area contributed by atoms with Gasteiger partial charge in [0.25, 0.3) is 0 Å². The number of nitrogens with zero attached hydrogens (tertiary/aromatic N) is 1. The molecule has 0 aliphatic heterocycles. The molecule has 5 atom stereocenters. The van der Waals surface area contributed by atoms with Crippen LogP contribution in [0.2, 0.25) is 0 Å². The van der Waals surface area contributed by atoms with Gasteiger partial charge in [-0.25, -0.2) is 0 Å². The number of Topliss-reactive ketones (excluding diaryl/α,β-unsaturated/α-hetero) is 1. The largest absolute Gasteiger partial charge is 0.394 e. The number of carbonyl (C=O) groups excluding carboxylic acids is 1. The van der Waals surface area contributed by atoms with E-state index in [4.69, 9.17) is 10.6 Å². The van der Waals surface area contributed by atoms with Crippen molar-refractivity contribution in [3.05, 3.63) is 11.6 Å². The van der Waals surface area contributed by atoms with Gasteiger partial charge in [-0.1, -0.05) is 24.6 Å². The minimum Gasteiger partial charge on any atom is -0.394 e. The molecule has 3 fully saturated rings. The van der Waals surface area contributed by atoms with E-state index in [1.165, 1.54) is 19.3 Å². The van der Waals surface area contributed by atoms with Gasteiger partial charge < -0.3 is 10.6 Å². The van der Waals surface area contributed by atoms with Gasteiger partial charge >= 0.3 is 0 Å². The van der Waals surface area contributed by atoms with Crippen LogP contribution in [0.15, 0.2) is 16.8 Å². The Hall–Kier alpha value is -1.16. The summed E-state index contributed by atoms with van der Waals surface area (Å²) in [6.45, 7) is 5.74. The fourth-order valence-corrected chi connectivity index (χ4v) is 6.60. The van der Waals surface area contributed by atoms with Gasteiger partial charge in [0.15, 0.2) is 0 Å². The molecule has 3 saturated carbocycles. The topological polar surface area (TPSA) is 64.7 Å². The summed E-state index contributed by atoms with van der Waals surface area (Å²) < 4.78 is 0. The van der Waals surface area contributed by atoms with Crippen LogP contribution >= 0.6 is 0 Å². The Morgan fingerprint density at radius 1 is 1.12 bits per heavy atom. The number of carbonyl (C=O) groups is 1. The Labute approximate surface area is 151 Å². The average Bonchev–Trinajstić information content (AvgIpc) is 2.90. The van der Waals surface area contributed by atoms with Crippen LogP contribution in [0, 0.1) is 28.6 Å². The van der Waals surface area contributed by atoms with E-state index in [-0.39, 0.29) is 5.41 Å². The number of hydrogen-bond donors (Lipinski definition) is 1. The first-order valence-electron chi connectivity index (χ1n) is 10.1. The van der Waals surface area contributed by atoms with E-state index in [0.29, 0.717) is 30.3 Å². The monoisotopic (exact) mass is 344 g/mol. The summed E-state index contributed by atoms with van der Waals surface area (Å²) in [4.78, 5) is 17.8. The second-order valence-corrected chi connectivity index (χ2v) is 9.13. The fourth-order valence-electron chi connectivity index (χ4n) is 6.60. The van der Waals surface area contributed by atoms with E-state index in [1.807, 2.05) is 0 Å². The van der Waals surface area contributed by atoms with Gasteiger partial charge in [-0.15, -0.1) is 0 Å². The number of oxime groups is 1. The standard InChI is InChI=1S/C21H32N2O2/c1-20-9-7-15(23-25-12-11-22)13-14(20)3-4-16-17-5-6-19(24)21(17,2)10-8-18(16)20/h13,16-18H,3-12,22H2,1-2H3/b23-15+/t16?,17?,18?,20-,21-/m0/s1. The molecule has 0 aromatic carbocycles. The lowest BCUT2D eigenvalue weighted by molar-refractivity contribution is -0.132. The van der Waals surface area contributed by atoms with Crippen molar-refractivity contribution in [1.82, 2.24) is 0 Å². The van der Waals surface area contributed by atoms with Gasteiger partial charge in [0, 0.05) is 18.4 Å². The van der Waals surface area contributed by atoms with Gasteiger partial charge in [-0.05, 0) is 74.2 Å². The Morgan fingerprint density at radius 2 is 1.92 bits per heavy atom. The minimum absolute atomic E-state index is 0.0178. The van der Waals surface area contributed by atoms with Gasteiger partial charge in [-0.2, -0.15) is 0 Å². The molecule has 0 spiro atoms. The van der Waals surface area contributed by atoms with E-state index in [2.05, 4.69) is 25.1 Å². The predicted molar refractivity (Wildman–Crippen MR) is 99.2 cm³/mol. The summed E-state index contributed by atoms with van der Waals surface area (Å²) in [5.74, 6) is 2.64. The van der Waals surface area contributed by atoms with Crippen molar-refractivity contribution in [1.29, 1.82) is 0 Å². The summed E-state index contributed by atoms with van der Waals surface area (Å²) >= 11 is 0. The van der Waals surface area contributed by atoms with Crippen molar-refractivity contribution in [2.45, 2.75) is 65.2 Å². The molecule has 0 heterocycles. The van der Waals surface area contributed by atoms with Crippen LogP contribution in [0.3, 0.4) is 0 Å². The lowest BCUT2D eigenvalue weighted by Crippen LogP contribution is -2.50. The molecule has 3 unspecified atom stereocenters. The Bertz CT molecular complexity index is 625. The molecule has 0 amide bonds. The highest BCUT2D eigenvalue weighted by Crippen LogP contribution is 2.64. The molecule has 4 nitrogen and oxygen atoms in total. The SMILES string of the molecule is C[C@]12CC/C(=N\OCCN)C=C1CCC1C2CC[C@]2(C)C(=O)CCC12. The third kappa shape index (κ3) is 2.59. The molecule has 25 heavy (non-hydrogen) atoms. The van der Waals surface area contributed by atoms with Gasteiger partial charge in [0.1, 0.15) is 12.4 Å². The van der Waals surface area contributed by atoms with Gasteiger partial charge in [0.05, 0.1) is 5.71 Å². The Morgan fingerprint density at radius 3 is 2.72 bits per heavy atom. The molecular formula is C21H32N2O2. The highest BCUT2D eigenvalue weighted by Gasteiger charge is 2.58. The molecule has 0 radical (unpaired) electrons. The van der Waals surface area contributed by atoms with E-state index in [0.717, 1.165) is 49.7 Å². The summed E-state index contributed by atoms with van der Waals surface area (Å²) in [5.41, 5.74) is 8.40. The lowest BCUT2D eigenvalue weighted by Gasteiger charge is -2.57. The lowest BCUT2D eigenvalue weighted by atomic mass is 9.47. The zero-order valence-electron chi connectivity index (χ0n) is 15.7.